The van der Waals surface area contributed by atoms with E-state index >= 15 is 0 Å². The van der Waals surface area contributed by atoms with Crippen LogP contribution in [0.2, 0.25) is 0 Å². The molecule has 1 fully saturated rings. The van der Waals surface area contributed by atoms with E-state index < -0.39 is 0 Å². The summed E-state index contributed by atoms with van der Waals surface area (Å²) < 4.78 is 0. The van der Waals surface area contributed by atoms with Gasteiger partial charge in [-0.1, -0.05) is 11.6 Å². The molecule has 3 rings (SSSR count). The van der Waals surface area contributed by atoms with E-state index in [4.69, 9.17) is 0 Å². The van der Waals surface area contributed by atoms with E-state index in [9.17, 15) is 0 Å². The Kier molecular flexibility index (Phi) is 3.83. The highest BCUT2D eigenvalue weighted by molar-refractivity contribution is 7.11. The van der Waals surface area contributed by atoms with Crippen LogP contribution in [0.4, 0.5) is 0 Å². The van der Waals surface area contributed by atoms with Gasteiger partial charge in [-0.15, -0.1) is 11.3 Å². The zero-order valence-electron chi connectivity index (χ0n) is 11.1. The van der Waals surface area contributed by atoms with Crippen molar-refractivity contribution in [2.24, 2.45) is 0 Å². The molecular formula is C15H22N2S. The third-order valence-corrected chi connectivity index (χ3v) is 4.72. The molecule has 0 atom stereocenters. The van der Waals surface area contributed by atoms with Gasteiger partial charge in [-0.2, -0.15) is 0 Å². The van der Waals surface area contributed by atoms with E-state index in [2.05, 4.69) is 35.3 Å². The molecule has 0 unspecified atom stereocenters. The van der Waals surface area contributed by atoms with Gasteiger partial charge in [0.15, 0.2) is 0 Å². The molecule has 0 spiro atoms. The summed E-state index contributed by atoms with van der Waals surface area (Å²) in [6.45, 7) is 6.79. The number of nitrogens with one attached hydrogen (secondary N) is 1. The first-order valence-corrected chi connectivity index (χ1v) is 7.80. The Hall–Kier alpha value is -0.640. The molecule has 2 nitrogen and oxygen atoms in total. The van der Waals surface area contributed by atoms with E-state index in [1.165, 1.54) is 41.1 Å². The van der Waals surface area contributed by atoms with Crippen LogP contribution in [0.15, 0.2) is 23.8 Å². The van der Waals surface area contributed by atoms with Gasteiger partial charge in [-0.3, -0.25) is 4.90 Å². The highest BCUT2D eigenvalue weighted by atomic mass is 32.1. The number of nitrogens with zero attached hydrogens (tertiary/aromatic N) is 1. The molecule has 0 saturated heterocycles. The standard InChI is InChI=1S/C15H22N2S/c1-12-3-2-8-17(10-12)11-15-7-6-14(18-15)9-16-13-4-5-13/h3,6-7,13,16H,2,4-5,8-11H2,1H3. The molecule has 1 aromatic rings. The predicted molar refractivity (Wildman–Crippen MR) is 77.8 cm³/mol. The molecule has 1 saturated carbocycles. The smallest absolute Gasteiger partial charge is 0.0331 e. The highest BCUT2D eigenvalue weighted by Crippen LogP contribution is 2.23. The fraction of sp³-hybridized carbons (Fsp3) is 0.600. The average Bonchev–Trinajstić information content (AvgIpc) is 3.08. The number of hydrogen-bond donors (Lipinski definition) is 1. The summed E-state index contributed by atoms with van der Waals surface area (Å²) in [5.41, 5.74) is 1.52. The zero-order chi connectivity index (χ0) is 12.4. The van der Waals surface area contributed by atoms with Crippen molar-refractivity contribution in [2.75, 3.05) is 13.1 Å². The highest BCUT2D eigenvalue weighted by Gasteiger charge is 2.20. The van der Waals surface area contributed by atoms with Gasteiger partial charge in [-0.05, 0) is 38.3 Å². The molecule has 2 aliphatic rings. The molecule has 0 bridgehead atoms. The van der Waals surface area contributed by atoms with E-state index in [-0.39, 0.29) is 0 Å². The van der Waals surface area contributed by atoms with E-state index in [1.807, 2.05) is 11.3 Å². The lowest BCUT2D eigenvalue weighted by molar-refractivity contribution is 0.285. The maximum absolute atomic E-state index is 3.58. The van der Waals surface area contributed by atoms with Crippen LogP contribution in [0.3, 0.4) is 0 Å². The summed E-state index contributed by atoms with van der Waals surface area (Å²) in [7, 11) is 0. The van der Waals surface area contributed by atoms with Gasteiger partial charge in [0, 0.05) is 42.0 Å². The second-order valence-corrected chi connectivity index (χ2v) is 6.83. The molecule has 0 radical (unpaired) electrons. The lowest BCUT2D eigenvalue weighted by Crippen LogP contribution is -2.28. The van der Waals surface area contributed by atoms with Gasteiger partial charge >= 0.3 is 0 Å². The van der Waals surface area contributed by atoms with Crippen molar-refractivity contribution in [1.82, 2.24) is 10.2 Å². The van der Waals surface area contributed by atoms with E-state index in [0.717, 1.165) is 25.7 Å². The fourth-order valence-corrected chi connectivity index (χ4v) is 3.49. The summed E-state index contributed by atoms with van der Waals surface area (Å²) >= 11 is 1.97. The molecule has 0 amide bonds. The quantitative estimate of drug-likeness (QED) is 0.820. The predicted octanol–water partition coefficient (Wildman–Crippen LogP) is 3.15. The first-order chi connectivity index (χ1) is 8.79. The molecular weight excluding hydrogens is 240 g/mol. The largest absolute Gasteiger partial charge is 0.309 e. The second kappa shape index (κ2) is 5.55. The molecule has 1 aliphatic carbocycles. The van der Waals surface area contributed by atoms with Gasteiger partial charge in [0.2, 0.25) is 0 Å². The van der Waals surface area contributed by atoms with Crippen molar-refractivity contribution < 1.29 is 0 Å². The molecule has 1 N–H and O–H groups in total. The summed E-state index contributed by atoms with van der Waals surface area (Å²) in [4.78, 5) is 5.55. The summed E-state index contributed by atoms with van der Waals surface area (Å²) in [6.07, 6.45) is 6.33. The van der Waals surface area contributed by atoms with Crippen LogP contribution in [0.25, 0.3) is 0 Å². The maximum Gasteiger partial charge on any atom is 0.0331 e. The van der Waals surface area contributed by atoms with Crippen molar-refractivity contribution in [1.29, 1.82) is 0 Å². The van der Waals surface area contributed by atoms with Gasteiger partial charge in [-0.25, -0.2) is 0 Å². The van der Waals surface area contributed by atoms with Crippen LogP contribution in [0.5, 0.6) is 0 Å². The van der Waals surface area contributed by atoms with Gasteiger partial charge < -0.3 is 5.32 Å². The Morgan fingerprint density at radius 3 is 2.94 bits per heavy atom. The fourth-order valence-electron chi connectivity index (χ4n) is 2.48. The Balaban J connectivity index is 1.51. The lowest BCUT2D eigenvalue weighted by Gasteiger charge is -2.25. The molecule has 1 aromatic heterocycles. The summed E-state index contributed by atoms with van der Waals surface area (Å²) in [5.74, 6) is 0. The minimum atomic E-state index is 0.811. The van der Waals surface area contributed by atoms with Crippen molar-refractivity contribution >= 4 is 11.3 Å². The lowest BCUT2D eigenvalue weighted by atomic mass is 10.1. The second-order valence-electron chi connectivity index (χ2n) is 5.57. The Bertz CT molecular complexity index is 431. The third-order valence-electron chi connectivity index (χ3n) is 3.65. The van der Waals surface area contributed by atoms with Crippen LogP contribution in [-0.4, -0.2) is 24.0 Å². The number of hydrogen-bond acceptors (Lipinski definition) is 3. The normalized spacial score (nSPS) is 21.1. The average molecular weight is 262 g/mol. The van der Waals surface area contributed by atoms with Crippen molar-refractivity contribution in [3.05, 3.63) is 33.5 Å². The molecule has 3 heteroatoms. The van der Waals surface area contributed by atoms with Crippen molar-refractivity contribution in [3.8, 4) is 0 Å². The van der Waals surface area contributed by atoms with Crippen LogP contribution in [0, 0.1) is 0 Å². The van der Waals surface area contributed by atoms with E-state index in [1.54, 1.807) is 0 Å². The SMILES string of the molecule is CC1=CCCN(Cc2ccc(CNC3CC3)s2)C1. The molecule has 1 aliphatic heterocycles. The van der Waals surface area contributed by atoms with Gasteiger partial charge in [0.25, 0.3) is 0 Å². The summed E-state index contributed by atoms with van der Waals surface area (Å²) in [5, 5.41) is 3.58. The minimum absolute atomic E-state index is 0.811. The third kappa shape index (κ3) is 3.44. The van der Waals surface area contributed by atoms with Gasteiger partial charge in [0.1, 0.15) is 0 Å². The zero-order valence-corrected chi connectivity index (χ0v) is 11.9. The monoisotopic (exact) mass is 262 g/mol. The van der Waals surface area contributed by atoms with Crippen molar-refractivity contribution in [3.63, 3.8) is 0 Å². The summed E-state index contributed by atoms with van der Waals surface area (Å²) in [6, 6.07) is 5.41. The van der Waals surface area contributed by atoms with Crippen molar-refractivity contribution in [2.45, 2.75) is 45.3 Å². The number of rotatable bonds is 5. The molecule has 98 valence electrons. The van der Waals surface area contributed by atoms with Crippen LogP contribution >= 0.6 is 11.3 Å². The molecule has 0 aromatic carbocycles. The molecule has 18 heavy (non-hydrogen) atoms. The topological polar surface area (TPSA) is 15.3 Å². The van der Waals surface area contributed by atoms with Crippen LogP contribution in [0.1, 0.15) is 35.9 Å². The first-order valence-electron chi connectivity index (χ1n) is 6.98. The Morgan fingerprint density at radius 2 is 2.17 bits per heavy atom. The number of thiophene rings is 1. The van der Waals surface area contributed by atoms with E-state index in [0.29, 0.717) is 0 Å². The molecule has 2 heterocycles. The Labute approximate surface area is 114 Å². The van der Waals surface area contributed by atoms with Crippen LogP contribution < -0.4 is 5.32 Å². The minimum Gasteiger partial charge on any atom is -0.309 e. The Morgan fingerprint density at radius 1 is 1.33 bits per heavy atom. The van der Waals surface area contributed by atoms with Crippen LogP contribution in [-0.2, 0) is 13.1 Å². The van der Waals surface area contributed by atoms with Gasteiger partial charge in [0.05, 0.1) is 0 Å². The first kappa shape index (κ1) is 12.4. The maximum atomic E-state index is 3.58.